The fraction of sp³-hybridized carbons (Fsp3) is 0.350. The number of nitrogens with one attached hydrogen (secondary N) is 1. The van der Waals surface area contributed by atoms with Gasteiger partial charge in [0, 0.05) is 38.1 Å². The first-order valence-electron chi connectivity index (χ1n) is 8.84. The lowest BCUT2D eigenvalue weighted by molar-refractivity contribution is 0.505. The number of hydrogen-bond donors (Lipinski definition) is 1. The van der Waals surface area contributed by atoms with Crippen LogP contribution < -0.4 is 10.2 Å². The van der Waals surface area contributed by atoms with Crippen LogP contribution in [0.4, 0.5) is 15.8 Å². The summed E-state index contributed by atoms with van der Waals surface area (Å²) in [6, 6.07) is 13.0. The number of nitrogens with zero attached hydrogens (tertiary/aromatic N) is 2. The molecule has 0 spiro atoms. The van der Waals surface area contributed by atoms with Gasteiger partial charge >= 0.3 is 0 Å². The van der Waals surface area contributed by atoms with Gasteiger partial charge < -0.3 is 15.1 Å². The smallest absolute Gasteiger partial charge is 0.173 e. The molecule has 1 heterocycles. The third-order valence-corrected chi connectivity index (χ3v) is 5.32. The predicted octanol–water partition coefficient (Wildman–Crippen LogP) is 5.30. The summed E-state index contributed by atoms with van der Waals surface area (Å²) in [5.41, 5.74) is 3.21. The van der Waals surface area contributed by atoms with Gasteiger partial charge in [0.05, 0.1) is 5.02 Å². The lowest BCUT2D eigenvalue weighted by Crippen LogP contribution is -2.33. The molecule has 2 aromatic rings. The van der Waals surface area contributed by atoms with E-state index in [4.69, 9.17) is 23.8 Å². The molecule has 0 amide bonds. The lowest BCUT2D eigenvalue weighted by Gasteiger charge is -2.32. The summed E-state index contributed by atoms with van der Waals surface area (Å²) < 4.78 is 13.3. The van der Waals surface area contributed by atoms with Gasteiger partial charge in [0.25, 0.3) is 0 Å². The zero-order valence-electron chi connectivity index (χ0n) is 14.8. The van der Waals surface area contributed by atoms with Gasteiger partial charge in [-0.1, -0.05) is 29.8 Å². The summed E-state index contributed by atoms with van der Waals surface area (Å²) in [7, 11) is 1.95. The largest absolute Gasteiger partial charge is 0.371 e. The first-order valence-corrected chi connectivity index (χ1v) is 9.63. The third-order valence-electron chi connectivity index (χ3n) is 4.61. The Morgan fingerprint density at radius 2 is 1.92 bits per heavy atom. The highest BCUT2D eigenvalue weighted by Crippen LogP contribution is 2.25. The Kier molecular flexibility index (Phi) is 6.33. The summed E-state index contributed by atoms with van der Waals surface area (Å²) in [5.74, 6) is -0.438. The van der Waals surface area contributed by atoms with Crippen LogP contribution >= 0.6 is 23.8 Å². The van der Waals surface area contributed by atoms with Crippen molar-refractivity contribution in [3.8, 4) is 0 Å². The summed E-state index contributed by atoms with van der Waals surface area (Å²) in [4.78, 5) is 4.44. The zero-order valence-corrected chi connectivity index (χ0v) is 16.4. The molecule has 0 aromatic heterocycles. The topological polar surface area (TPSA) is 18.5 Å². The van der Waals surface area contributed by atoms with Gasteiger partial charge in [0.1, 0.15) is 5.82 Å². The van der Waals surface area contributed by atoms with Gasteiger partial charge in [0.15, 0.2) is 5.11 Å². The van der Waals surface area contributed by atoms with Crippen molar-refractivity contribution in [3.63, 3.8) is 0 Å². The van der Waals surface area contributed by atoms with Gasteiger partial charge in [-0.15, -0.1) is 0 Å². The highest BCUT2D eigenvalue weighted by atomic mass is 35.5. The Morgan fingerprint density at radius 1 is 1.19 bits per heavy atom. The minimum absolute atomic E-state index is 0.0795. The Hall–Kier alpha value is -1.85. The normalized spacial score (nSPS) is 14.2. The molecule has 0 saturated carbocycles. The van der Waals surface area contributed by atoms with Crippen molar-refractivity contribution in [2.75, 3.05) is 30.4 Å². The van der Waals surface area contributed by atoms with E-state index < -0.39 is 5.82 Å². The molecule has 1 aliphatic rings. The van der Waals surface area contributed by atoms with Crippen molar-refractivity contribution in [1.82, 2.24) is 4.90 Å². The number of halogens is 2. The molecule has 0 unspecified atom stereocenters. The van der Waals surface area contributed by atoms with Crippen LogP contribution in [0.25, 0.3) is 0 Å². The second-order valence-electron chi connectivity index (χ2n) is 6.59. The Morgan fingerprint density at radius 3 is 2.65 bits per heavy atom. The fourth-order valence-corrected chi connectivity index (χ4v) is 3.57. The van der Waals surface area contributed by atoms with E-state index >= 15 is 0 Å². The van der Waals surface area contributed by atoms with E-state index in [1.807, 2.05) is 11.9 Å². The van der Waals surface area contributed by atoms with E-state index in [9.17, 15) is 4.39 Å². The molecule has 1 aliphatic heterocycles. The fourth-order valence-electron chi connectivity index (χ4n) is 3.21. The molecule has 0 aliphatic carbocycles. The van der Waals surface area contributed by atoms with Crippen LogP contribution in [0.5, 0.6) is 0 Å². The maximum atomic E-state index is 13.3. The molecule has 2 aromatic carbocycles. The van der Waals surface area contributed by atoms with Crippen LogP contribution in [0.15, 0.2) is 42.5 Å². The van der Waals surface area contributed by atoms with Gasteiger partial charge in [0.2, 0.25) is 0 Å². The highest BCUT2D eigenvalue weighted by molar-refractivity contribution is 7.80. The molecule has 0 bridgehead atoms. The van der Waals surface area contributed by atoms with Crippen LogP contribution in [0.3, 0.4) is 0 Å². The maximum Gasteiger partial charge on any atom is 0.173 e. The zero-order chi connectivity index (χ0) is 18.5. The molecule has 0 atom stereocenters. The van der Waals surface area contributed by atoms with Crippen molar-refractivity contribution in [3.05, 3.63) is 58.9 Å². The number of benzene rings is 2. The average Bonchev–Trinajstić information content (AvgIpc) is 2.66. The first kappa shape index (κ1) is 18.9. The van der Waals surface area contributed by atoms with E-state index in [0.29, 0.717) is 17.3 Å². The molecule has 0 radical (unpaired) electrons. The average molecular weight is 392 g/mol. The van der Waals surface area contributed by atoms with Crippen molar-refractivity contribution in [2.24, 2.45) is 0 Å². The van der Waals surface area contributed by atoms with Gasteiger partial charge in [-0.2, -0.15) is 0 Å². The van der Waals surface area contributed by atoms with Crippen LogP contribution in [0.2, 0.25) is 5.02 Å². The quantitative estimate of drug-likeness (QED) is 0.712. The minimum atomic E-state index is -0.438. The molecule has 1 saturated heterocycles. The van der Waals surface area contributed by atoms with E-state index in [1.54, 1.807) is 12.1 Å². The predicted molar refractivity (Wildman–Crippen MR) is 112 cm³/mol. The SMILES string of the molecule is CN(Cc1ccccc1N1CCCCC1)C(=S)Nc1ccc(F)c(Cl)c1. The summed E-state index contributed by atoms with van der Waals surface area (Å²) in [6.07, 6.45) is 3.80. The molecule has 138 valence electrons. The van der Waals surface area contributed by atoms with E-state index in [1.165, 1.54) is 36.6 Å². The Bertz CT molecular complexity index is 777. The second-order valence-corrected chi connectivity index (χ2v) is 7.39. The van der Waals surface area contributed by atoms with Crippen LogP contribution in [0, 0.1) is 5.82 Å². The molecule has 3 rings (SSSR count). The molecule has 3 nitrogen and oxygen atoms in total. The summed E-state index contributed by atoms with van der Waals surface area (Å²) in [6.45, 7) is 2.92. The third kappa shape index (κ3) is 4.65. The minimum Gasteiger partial charge on any atom is -0.371 e. The van der Waals surface area contributed by atoms with E-state index in [0.717, 1.165) is 13.1 Å². The van der Waals surface area contributed by atoms with Crippen molar-refractivity contribution < 1.29 is 4.39 Å². The highest BCUT2D eigenvalue weighted by Gasteiger charge is 2.16. The lowest BCUT2D eigenvalue weighted by atomic mass is 10.1. The summed E-state index contributed by atoms with van der Waals surface area (Å²) >= 11 is 11.3. The van der Waals surface area contributed by atoms with Crippen LogP contribution in [0.1, 0.15) is 24.8 Å². The Labute approximate surface area is 164 Å². The van der Waals surface area contributed by atoms with Crippen molar-refractivity contribution >= 4 is 40.3 Å². The number of rotatable bonds is 4. The standard InChI is InChI=1S/C20H23ClFN3S/c1-24(20(26)23-16-9-10-18(22)17(21)13-16)14-15-7-3-4-8-19(15)25-11-5-2-6-12-25/h3-4,7-10,13H,2,5-6,11-12,14H2,1H3,(H,23,26). The second kappa shape index (κ2) is 8.69. The molecule has 6 heteroatoms. The van der Waals surface area contributed by atoms with Crippen LogP contribution in [-0.2, 0) is 6.54 Å². The van der Waals surface area contributed by atoms with Gasteiger partial charge in [-0.05, 0) is 61.3 Å². The number of anilines is 2. The number of piperidine rings is 1. The van der Waals surface area contributed by atoms with Crippen molar-refractivity contribution in [1.29, 1.82) is 0 Å². The van der Waals surface area contributed by atoms with Gasteiger partial charge in [-0.3, -0.25) is 0 Å². The van der Waals surface area contributed by atoms with E-state index in [2.05, 4.69) is 34.5 Å². The van der Waals surface area contributed by atoms with Crippen LogP contribution in [-0.4, -0.2) is 30.1 Å². The summed E-state index contributed by atoms with van der Waals surface area (Å²) in [5, 5.41) is 3.77. The number of hydrogen-bond acceptors (Lipinski definition) is 2. The number of para-hydroxylation sites is 1. The van der Waals surface area contributed by atoms with E-state index in [-0.39, 0.29) is 5.02 Å². The molecule has 26 heavy (non-hydrogen) atoms. The molecular weight excluding hydrogens is 369 g/mol. The van der Waals surface area contributed by atoms with Crippen molar-refractivity contribution in [2.45, 2.75) is 25.8 Å². The maximum absolute atomic E-state index is 13.3. The molecule has 1 N–H and O–H groups in total. The molecular formula is C20H23ClFN3S. The first-order chi connectivity index (χ1) is 12.5. The molecule has 1 fully saturated rings. The van der Waals surface area contributed by atoms with Gasteiger partial charge in [-0.25, -0.2) is 4.39 Å². The Balaban J connectivity index is 1.68. The number of thiocarbonyl (C=S) groups is 1. The monoisotopic (exact) mass is 391 g/mol.